The highest BCUT2D eigenvalue weighted by atomic mass is 19.1. The van der Waals surface area contributed by atoms with E-state index in [4.69, 9.17) is 4.42 Å². The minimum Gasteiger partial charge on any atom is -0.403 e. The number of nitrogens with zero attached hydrogens (tertiary/aromatic N) is 2. The van der Waals surface area contributed by atoms with Crippen molar-refractivity contribution in [1.29, 1.82) is 0 Å². The summed E-state index contributed by atoms with van der Waals surface area (Å²) in [4.78, 5) is 12.2. The van der Waals surface area contributed by atoms with Gasteiger partial charge >= 0.3 is 6.01 Å². The van der Waals surface area contributed by atoms with E-state index in [1.54, 1.807) is 6.07 Å². The predicted molar refractivity (Wildman–Crippen MR) is 105 cm³/mol. The number of nitrogens with one attached hydrogen (secondary N) is 2. The summed E-state index contributed by atoms with van der Waals surface area (Å²) in [5.41, 5.74) is 0.199. The van der Waals surface area contributed by atoms with Crippen LogP contribution in [0.1, 0.15) is 42.5 Å². The summed E-state index contributed by atoms with van der Waals surface area (Å²) in [6, 6.07) is 10.2. The first-order chi connectivity index (χ1) is 14.1. The maximum atomic E-state index is 14.6. The Morgan fingerprint density at radius 1 is 1.00 bits per heavy atom. The quantitative estimate of drug-likeness (QED) is 0.631. The molecule has 4 rings (SSSR count). The molecule has 1 saturated carbocycles. The molecule has 0 radical (unpaired) electrons. The first kappa shape index (κ1) is 19.0. The third-order valence-electron chi connectivity index (χ3n) is 4.93. The van der Waals surface area contributed by atoms with Crippen LogP contribution in [0.15, 0.2) is 46.9 Å². The Labute approximate surface area is 166 Å². The van der Waals surface area contributed by atoms with Gasteiger partial charge in [0.15, 0.2) is 0 Å². The second kappa shape index (κ2) is 8.38. The van der Waals surface area contributed by atoms with Crippen molar-refractivity contribution in [3.8, 4) is 11.5 Å². The van der Waals surface area contributed by atoms with Crippen LogP contribution < -0.4 is 10.6 Å². The second-order valence-corrected chi connectivity index (χ2v) is 7.02. The molecule has 0 unspecified atom stereocenters. The van der Waals surface area contributed by atoms with Crippen LogP contribution in [0.2, 0.25) is 0 Å². The lowest BCUT2D eigenvalue weighted by atomic mass is 9.96. The zero-order valence-electron chi connectivity index (χ0n) is 15.6. The zero-order valence-corrected chi connectivity index (χ0v) is 15.6. The molecule has 0 bridgehead atoms. The Bertz CT molecular complexity index is 1020. The number of rotatable bonds is 5. The van der Waals surface area contributed by atoms with E-state index in [0.717, 1.165) is 31.7 Å². The normalized spacial score (nSPS) is 14.6. The van der Waals surface area contributed by atoms with Gasteiger partial charge in [0, 0.05) is 11.7 Å². The van der Waals surface area contributed by atoms with Crippen molar-refractivity contribution < 1.29 is 18.0 Å². The zero-order chi connectivity index (χ0) is 20.2. The monoisotopic (exact) mass is 398 g/mol. The number of hydrogen-bond acceptors (Lipinski definition) is 5. The van der Waals surface area contributed by atoms with Crippen molar-refractivity contribution in [2.24, 2.45) is 0 Å². The molecule has 29 heavy (non-hydrogen) atoms. The number of carbonyl (C=O) groups excluding carboxylic acids is 1. The number of amides is 1. The maximum Gasteiger partial charge on any atom is 0.315 e. The van der Waals surface area contributed by atoms with Crippen molar-refractivity contribution in [1.82, 2.24) is 10.2 Å². The molecule has 1 heterocycles. The number of aromatic nitrogens is 2. The van der Waals surface area contributed by atoms with Gasteiger partial charge in [0.1, 0.15) is 11.6 Å². The lowest BCUT2D eigenvalue weighted by Gasteiger charge is -2.21. The average Bonchev–Trinajstić information content (AvgIpc) is 3.17. The highest BCUT2D eigenvalue weighted by molar-refractivity contribution is 6.04. The fourth-order valence-corrected chi connectivity index (χ4v) is 3.42. The van der Waals surface area contributed by atoms with E-state index in [1.165, 1.54) is 36.8 Å². The van der Waals surface area contributed by atoms with E-state index < -0.39 is 17.5 Å². The third kappa shape index (κ3) is 4.42. The fourth-order valence-electron chi connectivity index (χ4n) is 3.42. The van der Waals surface area contributed by atoms with Crippen LogP contribution in [0.3, 0.4) is 0 Å². The number of anilines is 2. The number of hydrogen-bond donors (Lipinski definition) is 2. The average molecular weight is 398 g/mol. The fraction of sp³-hybridized carbons (Fsp3) is 0.286. The summed E-state index contributed by atoms with van der Waals surface area (Å²) < 4.78 is 33.8. The van der Waals surface area contributed by atoms with Crippen molar-refractivity contribution >= 4 is 17.6 Å². The Morgan fingerprint density at radius 3 is 2.55 bits per heavy atom. The van der Waals surface area contributed by atoms with Crippen LogP contribution in [0.25, 0.3) is 11.5 Å². The molecule has 1 amide bonds. The Morgan fingerprint density at radius 2 is 1.79 bits per heavy atom. The van der Waals surface area contributed by atoms with E-state index in [9.17, 15) is 13.6 Å². The number of halogens is 2. The van der Waals surface area contributed by atoms with Crippen molar-refractivity contribution in [3.63, 3.8) is 0 Å². The molecule has 1 aromatic heterocycles. The molecule has 150 valence electrons. The van der Waals surface area contributed by atoms with E-state index in [2.05, 4.69) is 20.8 Å². The van der Waals surface area contributed by atoms with Gasteiger partial charge in [-0.3, -0.25) is 4.79 Å². The standard InChI is InChI=1S/C21H20F2N4O2/c22-17-9-5-4-8-15(17)19(28)24-14-10-11-16(18(23)12-14)20-26-27-21(29-20)25-13-6-2-1-3-7-13/h4-5,8-13H,1-3,6-7H2,(H,24,28)(H,25,27). The minimum atomic E-state index is -0.660. The summed E-state index contributed by atoms with van der Waals surface area (Å²) in [5, 5.41) is 13.5. The van der Waals surface area contributed by atoms with Crippen molar-refractivity contribution in [3.05, 3.63) is 59.7 Å². The molecule has 1 aliphatic rings. The van der Waals surface area contributed by atoms with Crippen molar-refractivity contribution in [2.75, 3.05) is 10.6 Å². The van der Waals surface area contributed by atoms with Crippen LogP contribution >= 0.6 is 0 Å². The molecule has 0 atom stereocenters. The van der Waals surface area contributed by atoms with Crippen LogP contribution in [0.4, 0.5) is 20.5 Å². The molecule has 0 saturated heterocycles. The summed E-state index contributed by atoms with van der Waals surface area (Å²) >= 11 is 0. The van der Waals surface area contributed by atoms with Gasteiger partial charge in [0.25, 0.3) is 11.8 Å². The number of carbonyl (C=O) groups is 1. The van der Waals surface area contributed by atoms with Gasteiger partial charge in [-0.25, -0.2) is 8.78 Å². The first-order valence-corrected chi connectivity index (χ1v) is 9.56. The Hall–Kier alpha value is -3.29. The summed E-state index contributed by atoms with van der Waals surface area (Å²) in [7, 11) is 0. The Balaban J connectivity index is 1.46. The van der Waals surface area contributed by atoms with Gasteiger partial charge in [-0.15, -0.1) is 5.10 Å². The van der Waals surface area contributed by atoms with Crippen LogP contribution in [0, 0.1) is 11.6 Å². The summed E-state index contributed by atoms with van der Waals surface area (Å²) in [6.45, 7) is 0. The highest BCUT2D eigenvalue weighted by Crippen LogP contribution is 2.27. The molecule has 6 nitrogen and oxygen atoms in total. The molecule has 1 aliphatic carbocycles. The van der Waals surface area contributed by atoms with Gasteiger partial charge < -0.3 is 15.1 Å². The topological polar surface area (TPSA) is 80.0 Å². The minimum absolute atomic E-state index is 0.0489. The predicted octanol–water partition coefficient (Wildman–Crippen LogP) is 5.01. The SMILES string of the molecule is O=C(Nc1ccc(-c2nnc(NC3CCCCC3)o2)c(F)c1)c1ccccc1F. The van der Waals surface area contributed by atoms with E-state index in [-0.39, 0.29) is 34.8 Å². The van der Waals surface area contributed by atoms with Gasteiger partial charge in [-0.2, -0.15) is 0 Å². The maximum absolute atomic E-state index is 14.6. The van der Waals surface area contributed by atoms with Gasteiger partial charge in [-0.05, 0) is 43.2 Å². The molecule has 2 N–H and O–H groups in total. The molecule has 0 aliphatic heterocycles. The van der Waals surface area contributed by atoms with E-state index in [0.29, 0.717) is 0 Å². The molecule has 0 spiro atoms. The summed E-state index contributed by atoms with van der Waals surface area (Å²) in [5.74, 6) is -1.89. The number of benzene rings is 2. The third-order valence-corrected chi connectivity index (χ3v) is 4.93. The van der Waals surface area contributed by atoms with Crippen LogP contribution in [0.5, 0.6) is 0 Å². The van der Waals surface area contributed by atoms with Gasteiger partial charge in [-0.1, -0.05) is 36.5 Å². The largest absolute Gasteiger partial charge is 0.403 e. The van der Waals surface area contributed by atoms with Crippen LogP contribution in [-0.4, -0.2) is 22.1 Å². The lowest BCUT2D eigenvalue weighted by Crippen LogP contribution is -2.22. The molecule has 2 aromatic carbocycles. The molecule has 3 aromatic rings. The van der Waals surface area contributed by atoms with E-state index in [1.807, 2.05) is 0 Å². The van der Waals surface area contributed by atoms with Crippen LogP contribution in [-0.2, 0) is 0 Å². The van der Waals surface area contributed by atoms with Gasteiger partial charge in [0.2, 0.25) is 0 Å². The molecule has 8 heteroatoms. The first-order valence-electron chi connectivity index (χ1n) is 9.56. The summed E-state index contributed by atoms with van der Waals surface area (Å²) in [6.07, 6.45) is 5.64. The molecule has 1 fully saturated rings. The lowest BCUT2D eigenvalue weighted by molar-refractivity contribution is 0.102. The molecular formula is C21H20F2N4O2. The van der Waals surface area contributed by atoms with E-state index >= 15 is 0 Å². The second-order valence-electron chi connectivity index (χ2n) is 7.02. The van der Waals surface area contributed by atoms with Gasteiger partial charge in [0.05, 0.1) is 11.1 Å². The smallest absolute Gasteiger partial charge is 0.315 e. The highest BCUT2D eigenvalue weighted by Gasteiger charge is 2.19. The molecular weight excluding hydrogens is 378 g/mol. The Kier molecular flexibility index (Phi) is 5.50. The van der Waals surface area contributed by atoms with Crippen molar-refractivity contribution in [2.45, 2.75) is 38.1 Å².